The summed E-state index contributed by atoms with van der Waals surface area (Å²) in [6.07, 6.45) is 2.62. The van der Waals surface area contributed by atoms with Gasteiger partial charge in [-0.05, 0) is 88.9 Å². The lowest BCUT2D eigenvalue weighted by Gasteiger charge is -2.47. The quantitative estimate of drug-likeness (QED) is 0.316. The van der Waals surface area contributed by atoms with Gasteiger partial charge in [0.1, 0.15) is 17.3 Å². The highest BCUT2D eigenvalue weighted by atomic mass is 35.5. The Bertz CT molecular complexity index is 1660. The fraction of sp³-hybridized carbons (Fsp3) is 0.471. The van der Waals surface area contributed by atoms with Gasteiger partial charge in [-0.15, -0.1) is 0 Å². The first kappa shape index (κ1) is 31.2. The number of piperazine rings is 1. The number of hydrogen-bond donors (Lipinski definition) is 0. The van der Waals surface area contributed by atoms with Gasteiger partial charge in [-0.2, -0.15) is 0 Å². The summed E-state index contributed by atoms with van der Waals surface area (Å²) in [5.41, 5.74) is 3.89. The molecule has 0 N–H and O–H groups in total. The van der Waals surface area contributed by atoms with Crippen molar-refractivity contribution in [1.82, 2.24) is 14.9 Å². The average Bonchev–Trinajstić information content (AvgIpc) is 3.57. The number of hydrogen-bond acceptors (Lipinski definition) is 8. The number of anilines is 3. The predicted molar refractivity (Wildman–Crippen MR) is 171 cm³/mol. The van der Waals surface area contributed by atoms with Crippen molar-refractivity contribution in [1.29, 1.82) is 0 Å². The van der Waals surface area contributed by atoms with E-state index in [-0.39, 0.29) is 22.4 Å². The van der Waals surface area contributed by atoms with Crippen LogP contribution in [0.5, 0.6) is 0 Å². The van der Waals surface area contributed by atoms with E-state index < -0.39 is 17.3 Å². The van der Waals surface area contributed by atoms with Gasteiger partial charge < -0.3 is 24.2 Å². The molecule has 4 heterocycles. The van der Waals surface area contributed by atoms with Crippen LogP contribution in [-0.2, 0) is 14.9 Å². The van der Waals surface area contributed by atoms with E-state index in [0.29, 0.717) is 48.8 Å². The summed E-state index contributed by atoms with van der Waals surface area (Å²) in [6.45, 7) is 10.0. The number of esters is 1. The Morgan fingerprint density at radius 2 is 1.82 bits per heavy atom. The number of aryl methyl sites for hydroxylation is 2. The lowest BCUT2D eigenvalue weighted by atomic mass is 9.84. The highest BCUT2D eigenvalue weighted by Crippen LogP contribution is 2.52. The molecule has 3 aromatic rings. The summed E-state index contributed by atoms with van der Waals surface area (Å²) in [4.78, 5) is 42.3. The van der Waals surface area contributed by atoms with Crippen LogP contribution in [-0.4, -0.2) is 78.8 Å². The van der Waals surface area contributed by atoms with Crippen molar-refractivity contribution in [3.8, 4) is 0 Å². The number of ether oxygens (including phenoxy) is 2. The lowest BCUT2D eigenvalue weighted by Crippen LogP contribution is -2.61. The topological polar surface area (TPSA) is 88.1 Å². The van der Waals surface area contributed by atoms with Crippen LogP contribution in [0.4, 0.5) is 21.6 Å². The fourth-order valence-corrected chi connectivity index (χ4v) is 7.53. The van der Waals surface area contributed by atoms with Crippen molar-refractivity contribution in [3.05, 3.63) is 75.4 Å². The van der Waals surface area contributed by atoms with Crippen molar-refractivity contribution >= 4 is 40.7 Å². The van der Waals surface area contributed by atoms with Gasteiger partial charge in [0.05, 0.1) is 46.4 Å². The number of methoxy groups -OCH3 is 2. The monoisotopic (exact) mass is 635 g/mol. The lowest BCUT2D eigenvalue weighted by molar-refractivity contribution is 0.0505. The van der Waals surface area contributed by atoms with Crippen molar-refractivity contribution in [2.75, 3.05) is 50.2 Å². The maximum atomic E-state index is 14.5. The number of nitrogens with zero attached hydrogens (tertiary/aromatic N) is 5. The molecular formula is C34H39ClFN5O4. The Hall–Kier alpha value is -3.76. The van der Waals surface area contributed by atoms with Gasteiger partial charge in [0.15, 0.2) is 0 Å². The molecule has 0 radical (unpaired) electrons. The summed E-state index contributed by atoms with van der Waals surface area (Å²) < 4.78 is 25.2. The highest BCUT2D eigenvalue weighted by molar-refractivity contribution is 6.30. The van der Waals surface area contributed by atoms with Crippen molar-refractivity contribution in [2.24, 2.45) is 0 Å². The van der Waals surface area contributed by atoms with Crippen LogP contribution in [0.25, 0.3) is 0 Å². The van der Waals surface area contributed by atoms with E-state index in [1.807, 2.05) is 50.8 Å². The third kappa shape index (κ3) is 5.42. The molecule has 0 bridgehead atoms. The molecular weight excluding hydrogens is 597 g/mol. The summed E-state index contributed by atoms with van der Waals surface area (Å²) in [5.74, 6) is -0.236. The third-order valence-corrected chi connectivity index (χ3v) is 10.0. The first-order valence-corrected chi connectivity index (χ1v) is 15.7. The first-order chi connectivity index (χ1) is 21.4. The molecule has 1 saturated heterocycles. The summed E-state index contributed by atoms with van der Waals surface area (Å²) in [7, 11) is 3.09. The average molecular weight is 636 g/mol. The van der Waals surface area contributed by atoms with Gasteiger partial charge in [0.25, 0.3) is 5.91 Å². The van der Waals surface area contributed by atoms with E-state index in [9.17, 15) is 14.0 Å². The number of pyridine rings is 2. The van der Waals surface area contributed by atoms with Crippen LogP contribution >= 0.6 is 11.6 Å². The Kier molecular flexibility index (Phi) is 8.02. The minimum absolute atomic E-state index is 0.0780. The first-order valence-electron chi connectivity index (χ1n) is 15.3. The van der Waals surface area contributed by atoms with E-state index in [1.165, 1.54) is 13.2 Å². The molecule has 0 unspecified atom stereocenters. The Morgan fingerprint density at radius 1 is 1.04 bits per heavy atom. The van der Waals surface area contributed by atoms with Gasteiger partial charge in [-0.3, -0.25) is 4.79 Å². The standard InChI is InChI=1S/C34H39ClFN5O4/c1-20-15-28(37-21(2)29(20)32(43)45-6)39-13-14-41(33(3,4)18-39)31(42)26-9-10-27-30(38-26)34(12-11-23(17-34)44-5)19-40(27)22-7-8-24(35)25(36)16-22/h7-10,15-16,23H,11-14,17-19H2,1-6H3/t23-,34-/m0/s1. The number of amides is 1. The number of aromatic nitrogens is 2. The zero-order valence-electron chi connectivity index (χ0n) is 26.6. The van der Waals surface area contributed by atoms with Crippen molar-refractivity contribution in [2.45, 2.75) is 64.0 Å². The molecule has 2 aliphatic heterocycles. The van der Waals surface area contributed by atoms with Crippen molar-refractivity contribution < 1.29 is 23.5 Å². The van der Waals surface area contributed by atoms with E-state index in [1.54, 1.807) is 19.2 Å². The summed E-state index contributed by atoms with van der Waals surface area (Å²) in [5, 5.41) is 0.0780. The van der Waals surface area contributed by atoms with Crippen LogP contribution < -0.4 is 9.80 Å². The molecule has 1 spiro atoms. The highest BCUT2D eigenvalue weighted by Gasteiger charge is 2.50. The van der Waals surface area contributed by atoms with Crippen LogP contribution in [0.3, 0.4) is 0 Å². The largest absolute Gasteiger partial charge is 0.465 e. The maximum absolute atomic E-state index is 14.5. The Balaban J connectivity index is 1.28. The number of carbonyl (C=O) groups excluding carboxylic acids is 2. The Morgan fingerprint density at radius 3 is 2.47 bits per heavy atom. The zero-order valence-corrected chi connectivity index (χ0v) is 27.4. The SMILES string of the molecule is COC(=O)c1c(C)cc(N2CCN(C(=O)c3ccc4c(n3)[C@]3(CC[C@H](OC)C3)CN4c3ccc(Cl)c(F)c3)C(C)(C)C2)nc1C. The van der Waals surface area contributed by atoms with Crippen molar-refractivity contribution in [3.63, 3.8) is 0 Å². The molecule has 6 rings (SSSR count). The molecule has 2 fully saturated rings. The molecule has 2 atom stereocenters. The fourth-order valence-electron chi connectivity index (χ4n) is 7.41. The third-order valence-electron chi connectivity index (χ3n) is 9.70. The van der Waals surface area contributed by atoms with E-state index >= 15 is 0 Å². The molecule has 3 aliphatic rings. The minimum atomic E-state index is -0.528. The molecule has 1 aliphatic carbocycles. The maximum Gasteiger partial charge on any atom is 0.339 e. The molecule has 1 amide bonds. The molecule has 1 aromatic carbocycles. The minimum Gasteiger partial charge on any atom is -0.465 e. The second-order valence-electron chi connectivity index (χ2n) is 13.1. The second-order valence-corrected chi connectivity index (χ2v) is 13.5. The van der Waals surface area contributed by atoms with E-state index in [4.69, 9.17) is 31.0 Å². The molecule has 1 saturated carbocycles. The van der Waals surface area contributed by atoms with Gasteiger partial charge in [-0.25, -0.2) is 19.2 Å². The zero-order chi connectivity index (χ0) is 32.3. The Labute approximate surface area is 268 Å². The van der Waals surface area contributed by atoms with Crippen LogP contribution in [0.15, 0.2) is 36.4 Å². The van der Waals surface area contributed by atoms with E-state index in [2.05, 4.69) is 9.80 Å². The number of carbonyl (C=O) groups is 2. The normalized spacial score (nSPS) is 22.2. The van der Waals surface area contributed by atoms with Gasteiger partial charge in [-0.1, -0.05) is 11.6 Å². The van der Waals surface area contributed by atoms with Crippen LogP contribution in [0, 0.1) is 19.7 Å². The smallest absolute Gasteiger partial charge is 0.339 e. The van der Waals surface area contributed by atoms with Gasteiger partial charge in [0.2, 0.25) is 0 Å². The predicted octanol–water partition coefficient (Wildman–Crippen LogP) is 6.00. The molecule has 2 aromatic heterocycles. The summed E-state index contributed by atoms with van der Waals surface area (Å²) in [6, 6.07) is 10.5. The van der Waals surface area contributed by atoms with Gasteiger partial charge >= 0.3 is 5.97 Å². The van der Waals surface area contributed by atoms with Crippen LogP contribution in [0.1, 0.15) is 70.9 Å². The second kappa shape index (κ2) is 11.6. The van der Waals surface area contributed by atoms with E-state index in [0.717, 1.165) is 42.0 Å². The number of benzene rings is 1. The summed E-state index contributed by atoms with van der Waals surface area (Å²) >= 11 is 5.99. The molecule has 45 heavy (non-hydrogen) atoms. The molecule has 11 heteroatoms. The number of halogens is 2. The number of rotatable bonds is 5. The van der Waals surface area contributed by atoms with Gasteiger partial charge in [0, 0.05) is 44.4 Å². The number of fused-ring (bicyclic) bond motifs is 2. The van der Waals surface area contributed by atoms with Crippen LogP contribution in [0.2, 0.25) is 5.02 Å². The molecule has 9 nitrogen and oxygen atoms in total. The molecule has 238 valence electrons.